The Labute approximate surface area is 217 Å². The van der Waals surface area contributed by atoms with Crippen molar-refractivity contribution in [3.63, 3.8) is 0 Å². The molecule has 2 aromatic heterocycles. The zero-order valence-electron chi connectivity index (χ0n) is 20.4. The lowest BCUT2D eigenvalue weighted by molar-refractivity contribution is 0.0697. The molecular weight excluding hydrogens is 464 g/mol. The molecular formula is C31H30N2O2S. The molecule has 4 nitrogen and oxygen atoms in total. The quantitative estimate of drug-likeness (QED) is 0.169. The van der Waals surface area contributed by atoms with Gasteiger partial charge in [-0.3, -0.25) is 9.97 Å². The van der Waals surface area contributed by atoms with Crippen LogP contribution in [0.2, 0.25) is 0 Å². The minimum Gasteiger partial charge on any atom is -0.478 e. The molecule has 182 valence electrons. The fourth-order valence-electron chi connectivity index (χ4n) is 3.95. The van der Waals surface area contributed by atoms with E-state index in [-0.39, 0.29) is 5.56 Å². The third kappa shape index (κ3) is 6.92. The maximum atomic E-state index is 11.4. The predicted octanol–water partition coefficient (Wildman–Crippen LogP) is 8.10. The first-order valence-corrected chi connectivity index (χ1v) is 13.3. The van der Waals surface area contributed by atoms with Crippen LogP contribution in [0, 0.1) is 0 Å². The van der Waals surface area contributed by atoms with Gasteiger partial charge >= 0.3 is 5.97 Å². The molecule has 0 saturated heterocycles. The summed E-state index contributed by atoms with van der Waals surface area (Å²) in [5.74, 6) is 0.168. The standard InChI is InChI=1S/C31H30N2O2S/c1-2-3-4-8-19-36-27-13-11-25(12-14-27)28(24-9-6-5-7-10-24)20-23-15-17-32-29(21-23)30-22-26(31(34)35)16-18-33-30/h5-7,9-18,20-22H,2-4,8,19H2,1H3,(H,34,35)/b28-20+. The molecule has 0 amide bonds. The maximum absolute atomic E-state index is 11.4. The normalized spacial score (nSPS) is 11.4. The predicted molar refractivity (Wildman–Crippen MR) is 149 cm³/mol. The third-order valence-electron chi connectivity index (χ3n) is 5.88. The minimum atomic E-state index is -0.983. The Kier molecular flexibility index (Phi) is 9.06. The summed E-state index contributed by atoms with van der Waals surface area (Å²) in [6.45, 7) is 2.24. The number of carboxylic acids is 1. The van der Waals surface area contributed by atoms with Gasteiger partial charge in [0.2, 0.25) is 0 Å². The Bertz CT molecular complexity index is 1320. The van der Waals surface area contributed by atoms with Gasteiger partial charge in [0.05, 0.1) is 17.0 Å². The number of hydrogen-bond donors (Lipinski definition) is 1. The van der Waals surface area contributed by atoms with Crippen LogP contribution in [0.1, 0.15) is 59.7 Å². The van der Waals surface area contributed by atoms with E-state index >= 15 is 0 Å². The molecule has 0 aliphatic carbocycles. The first kappa shape index (κ1) is 25.4. The highest BCUT2D eigenvalue weighted by Gasteiger charge is 2.10. The van der Waals surface area contributed by atoms with Crippen LogP contribution in [-0.4, -0.2) is 26.8 Å². The second-order valence-electron chi connectivity index (χ2n) is 8.57. The Balaban J connectivity index is 1.62. The Morgan fingerprint density at radius 1 is 0.806 bits per heavy atom. The minimum absolute atomic E-state index is 0.191. The number of carboxylic acid groups (broad SMARTS) is 1. The van der Waals surface area contributed by atoms with Crippen LogP contribution in [0.4, 0.5) is 0 Å². The summed E-state index contributed by atoms with van der Waals surface area (Å²) < 4.78 is 0. The van der Waals surface area contributed by atoms with Gasteiger partial charge in [0.15, 0.2) is 0 Å². The van der Waals surface area contributed by atoms with Crippen LogP contribution >= 0.6 is 11.8 Å². The van der Waals surface area contributed by atoms with E-state index in [4.69, 9.17) is 0 Å². The van der Waals surface area contributed by atoms with Crippen molar-refractivity contribution >= 4 is 29.4 Å². The lowest BCUT2D eigenvalue weighted by Gasteiger charge is -2.11. The highest BCUT2D eigenvalue weighted by molar-refractivity contribution is 7.99. The van der Waals surface area contributed by atoms with E-state index in [9.17, 15) is 9.90 Å². The molecule has 0 spiro atoms. The Morgan fingerprint density at radius 2 is 1.50 bits per heavy atom. The molecule has 0 saturated carbocycles. The van der Waals surface area contributed by atoms with Gasteiger partial charge in [0.1, 0.15) is 0 Å². The van der Waals surface area contributed by atoms with Crippen molar-refractivity contribution in [1.82, 2.24) is 9.97 Å². The number of unbranched alkanes of at least 4 members (excludes halogenated alkanes) is 3. The molecule has 0 unspecified atom stereocenters. The molecule has 0 bridgehead atoms. The van der Waals surface area contributed by atoms with Crippen molar-refractivity contribution in [2.24, 2.45) is 0 Å². The van der Waals surface area contributed by atoms with Gasteiger partial charge in [-0.1, -0.05) is 68.7 Å². The molecule has 0 radical (unpaired) electrons. The fraction of sp³-hybridized carbons (Fsp3) is 0.194. The molecule has 2 heterocycles. The third-order valence-corrected chi connectivity index (χ3v) is 6.98. The molecule has 0 aliphatic rings. The summed E-state index contributed by atoms with van der Waals surface area (Å²) in [4.78, 5) is 21.4. The number of rotatable bonds is 11. The number of aromatic nitrogens is 2. The van der Waals surface area contributed by atoms with Crippen molar-refractivity contribution in [2.75, 3.05) is 5.75 Å². The molecule has 5 heteroatoms. The fourth-order valence-corrected chi connectivity index (χ4v) is 4.86. The lowest BCUT2D eigenvalue weighted by atomic mass is 9.95. The van der Waals surface area contributed by atoms with Gasteiger partial charge in [0.25, 0.3) is 0 Å². The van der Waals surface area contributed by atoms with E-state index in [1.807, 2.05) is 42.1 Å². The molecule has 2 aromatic carbocycles. The zero-order chi connectivity index (χ0) is 25.2. The van der Waals surface area contributed by atoms with E-state index in [0.717, 1.165) is 28.0 Å². The average molecular weight is 495 g/mol. The molecule has 36 heavy (non-hydrogen) atoms. The lowest BCUT2D eigenvalue weighted by Crippen LogP contribution is -1.98. The molecule has 1 N–H and O–H groups in total. The number of hydrogen-bond acceptors (Lipinski definition) is 4. The molecule has 4 rings (SSSR count). The Morgan fingerprint density at radius 3 is 2.22 bits per heavy atom. The summed E-state index contributed by atoms with van der Waals surface area (Å²) >= 11 is 1.92. The largest absolute Gasteiger partial charge is 0.478 e. The van der Waals surface area contributed by atoms with Crippen molar-refractivity contribution in [1.29, 1.82) is 0 Å². The van der Waals surface area contributed by atoms with E-state index in [0.29, 0.717) is 11.4 Å². The molecule has 4 aromatic rings. The summed E-state index contributed by atoms with van der Waals surface area (Å²) in [6.07, 6.45) is 10.5. The summed E-state index contributed by atoms with van der Waals surface area (Å²) in [5, 5.41) is 9.32. The van der Waals surface area contributed by atoms with Gasteiger partial charge in [-0.15, -0.1) is 11.8 Å². The average Bonchev–Trinajstić information content (AvgIpc) is 2.93. The van der Waals surface area contributed by atoms with Crippen molar-refractivity contribution < 1.29 is 9.90 Å². The van der Waals surface area contributed by atoms with Gasteiger partial charge in [-0.2, -0.15) is 0 Å². The number of thioether (sulfide) groups is 1. The first-order valence-electron chi connectivity index (χ1n) is 12.3. The topological polar surface area (TPSA) is 63.1 Å². The first-order chi connectivity index (χ1) is 17.6. The van der Waals surface area contributed by atoms with E-state index in [1.165, 1.54) is 42.8 Å². The van der Waals surface area contributed by atoms with E-state index in [2.05, 4.69) is 59.4 Å². The number of carbonyl (C=O) groups is 1. The second kappa shape index (κ2) is 12.8. The van der Waals surface area contributed by atoms with Crippen molar-refractivity contribution in [3.05, 3.63) is 114 Å². The van der Waals surface area contributed by atoms with Crippen LogP contribution in [0.15, 0.2) is 96.2 Å². The summed E-state index contributed by atoms with van der Waals surface area (Å²) in [5.41, 5.74) is 5.70. The molecule has 0 aliphatic heterocycles. The molecule has 0 fully saturated rings. The van der Waals surface area contributed by atoms with Crippen LogP contribution in [0.5, 0.6) is 0 Å². The van der Waals surface area contributed by atoms with Crippen LogP contribution < -0.4 is 0 Å². The monoisotopic (exact) mass is 494 g/mol. The van der Waals surface area contributed by atoms with Gasteiger partial charge in [0, 0.05) is 17.3 Å². The Hall–Kier alpha value is -3.70. The van der Waals surface area contributed by atoms with Crippen molar-refractivity contribution in [2.45, 2.75) is 37.5 Å². The van der Waals surface area contributed by atoms with Crippen molar-refractivity contribution in [3.8, 4) is 11.4 Å². The van der Waals surface area contributed by atoms with E-state index < -0.39 is 5.97 Å². The van der Waals surface area contributed by atoms with Gasteiger partial charge < -0.3 is 5.11 Å². The van der Waals surface area contributed by atoms with Gasteiger partial charge in [-0.05, 0) is 76.9 Å². The van der Waals surface area contributed by atoms with Crippen LogP contribution in [-0.2, 0) is 0 Å². The van der Waals surface area contributed by atoms with Gasteiger partial charge in [-0.25, -0.2) is 4.79 Å². The maximum Gasteiger partial charge on any atom is 0.335 e. The summed E-state index contributed by atoms with van der Waals surface area (Å²) in [6, 6.07) is 26.0. The van der Waals surface area contributed by atoms with E-state index in [1.54, 1.807) is 12.3 Å². The molecule has 0 atom stereocenters. The number of benzene rings is 2. The number of nitrogens with zero attached hydrogens (tertiary/aromatic N) is 2. The number of aromatic carboxylic acids is 1. The number of pyridine rings is 2. The zero-order valence-corrected chi connectivity index (χ0v) is 21.2. The highest BCUT2D eigenvalue weighted by Crippen LogP contribution is 2.29. The smallest absolute Gasteiger partial charge is 0.335 e. The summed E-state index contributed by atoms with van der Waals surface area (Å²) in [7, 11) is 0. The highest BCUT2D eigenvalue weighted by atomic mass is 32.2. The van der Waals surface area contributed by atoms with Crippen LogP contribution in [0.3, 0.4) is 0 Å². The second-order valence-corrected chi connectivity index (χ2v) is 9.74. The SMILES string of the molecule is CCCCCCSc1ccc(/C(=C/c2ccnc(-c3cc(C(=O)O)ccn3)c2)c2ccccc2)cc1. The van der Waals surface area contributed by atoms with Crippen LogP contribution in [0.25, 0.3) is 23.0 Å².